The topological polar surface area (TPSA) is 68.7 Å². The number of hydrogen-bond acceptors (Lipinski definition) is 4. The third-order valence-corrected chi connectivity index (χ3v) is 5.76. The van der Waals surface area contributed by atoms with Crippen molar-refractivity contribution in [1.29, 1.82) is 0 Å². The summed E-state index contributed by atoms with van der Waals surface area (Å²) in [5.41, 5.74) is 4.60. The average Bonchev–Trinajstić information content (AvgIpc) is 2.85. The van der Waals surface area contributed by atoms with Crippen molar-refractivity contribution in [2.45, 2.75) is 20.0 Å². The van der Waals surface area contributed by atoms with Crippen LogP contribution in [-0.2, 0) is 4.74 Å². The highest BCUT2D eigenvalue weighted by Gasteiger charge is 2.16. The van der Waals surface area contributed by atoms with Gasteiger partial charge in [0.2, 0.25) is 0 Å². The number of nitrogens with zero attached hydrogens (tertiary/aromatic N) is 1. The van der Waals surface area contributed by atoms with Gasteiger partial charge in [0, 0.05) is 17.0 Å². The second-order valence-electron chi connectivity index (χ2n) is 8.14. The van der Waals surface area contributed by atoms with Gasteiger partial charge in [-0.15, -0.1) is 0 Å². The van der Waals surface area contributed by atoms with E-state index in [0.717, 1.165) is 33.3 Å². The maximum Gasteiger partial charge on any atom is 0.339 e. The highest BCUT2D eigenvalue weighted by molar-refractivity contribution is 6.31. The summed E-state index contributed by atoms with van der Waals surface area (Å²) in [6.45, 7) is 4.46. The third kappa shape index (κ3) is 6.27. The minimum atomic E-state index is -1.02. The monoisotopic (exact) mass is 487 g/mol. The molecule has 1 N–H and O–H groups in total. The lowest BCUT2D eigenvalue weighted by atomic mass is 10.1. The van der Waals surface area contributed by atoms with Crippen LogP contribution in [0.5, 0.6) is 5.75 Å². The quantitative estimate of drug-likeness (QED) is 0.270. The first kappa shape index (κ1) is 24.5. The Morgan fingerprint density at radius 3 is 2.69 bits per heavy atom. The Bertz CT molecular complexity index is 1380. The summed E-state index contributed by atoms with van der Waals surface area (Å²) in [4.78, 5) is 16.3. The van der Waals surface area contributed by atoms with Gasteiger partial charge in [-0.25, -0.2) is 9.78 Å². The predicted octanol–water partition coefficient (Wildman–Crippen LogP) is 7.22. The van der Waals surface area contributed by atoms with Gasteiger partial charge in [0.15, 0.2) is 0 Å². The number of pyridine rings is 1. The molecule has 4 aromatic rings. The first-order valence-electron chi connectivity index (χ1n) is 11.4. The zero-order valence-electron chi connectivity index (χ0n) is 19.6. The average molecular weight is 488 g/mol. The first-order valence-corrected chi connectivity index (χ1v) is 11.7. The molecule has 1 atom stereocenters. The van der Waals surface area contributed by atoms with Crippen LogP contribution in [0.2, 0.25) is 5.02 Å². The number of carboxylic acid groups (broad SMARTS) is 1. The van der Waals surface area contributed by atoms with Crippen molar-refractivity contribution >= 4 is 40.6 Å². The molecule has 178 valence electrons. The van der Waals surface area contributed by atoms with Crippen molar-refractivity contribution in [3.63, 3.8) is 0 Å². The molecule has 0 amide bonds. The zero-order chi connectivity index (χ0) is 24.8. The number of halogens is 1. The predicted molar refractivity (Wildman–Crippen MR) is 140 cm³/mol. The smallest absolute Gasteiger partial charge is 0.339 e. The molecule has 4 rings (SSSR count). The Kier molecular flexibility index (Phi) is 7.80. The van der Waals surface area contributed by atoms with E-state index in [0.29, 0.717) is 17.4 Å². The minimum Gasteiger partial charge on any atom is -0.490 e. The number of benzene rings is 3. The molecule has 0 radical (unpaired) electrons. The van der Waals surface area contributed by atoms with Crippen LogP contribution in [0, 0.1) is 6.92 Å². The van der Waals surface area contributed by atoms with E-state index in [1.807, 2.05) is 86.7 Å². The minimum absolute atomic E-state index is 0.140. The maximum absolute atomic E-state index is 11.6. The molecule has 1 aromatic heterocycles. The summed E-state index contributed by atoms with van der Waals surface area (Å²) in [6.07, 6.45) is 3.60. The van der Waals surface area contributed by atoms with Gasteiger partial charge in [0.1, 0.15) is 24.0 Å². The Balaban J connectivity index is 1.52. The summed E-state index contributed by atoms with van der Waals surface area (Å²) in [5.74, 6) is -0.695. The van der Waals surface area contributed by atoms with Crippen LogP contribution in [-0.4, -0.2) is 29.3 Å². The number of hydrogen-bond donors (Lipinski definition) is 1. The van der Waals surface area contributed by atoms with Crippen molar-refractivity contribution in [2.75, 3.05) is 13.2 Å². The second kappa shape index (κ2) is 11.2. The largest absolute Gasteiger partial charge is 0.490 e. The lowest BCUT2D eigenvalue weighted by Crippen LogP contribution is -2.15. The molecule has 1 heterocycles. The van der Waals surface area contributed by atoms with Crippen LogP contribution >= 0.6 is 11.6 Å². The Morgan fingerprint density at radius 1 is 1.06 bits per heavy atom. The van der Waals surface area contributed by atoms with E-state index in [2.05, 4.69) is 4.98 Å². The molecule has 3 aromatic carbocycles. The molecule has 0 bridgehead atoms. The number of carbonyl (C=O) groups is 1. The highest BCUT2D eigenvalue weighted by atomic mass is 35.5. The van der Waals surface area contributed by atoms with Crippen LogP contribution in [0.3, 0.4) is 0 Å². The first-order chi connectivity index (χ1) is 16.9. The highest BCUT2D eigenvalue weighted by Crippen LogP contribution is 2.25. The van der Waals surface area contributed by atoms with E-state index in [-0.39, 0.29) is 18.3 Å². The van der Waals surface area contributed by atoms with Gasteiger partial charge in [0.25, 0.3) is 0 Å². The summed E-state index contributed by atoms with van der Waals surface area (Å²) < 4.78 is 11.8. The molecule has 0 spiro atoms. The normalized spacial score (nSPS) is 12.2. The summed E-state index contributed by atoms with van der Waals surface area (Å²) >= 11 is 6.10. The fourth-order valence-corrected chi connectivity index (χ4v) is 3.95. The number of aryl methyl sites for hydroxylation is 1. The van der Waals surface area contributed by atoms with Crippen LogP contribution in [0.1, 0.15) is 45.8 Å². The number of rotatable bonds is 9. The Morgan fingerprint density at radius 2 is 1.89 bits per heavy atom. The molecule has 0 aliphatic carbocycles. The van der Waals surface area contributed by atoms with Crippen LogP contribution in [0.15, 0.2) is 72.8 Å². The lowest BCUT2D eigenvalue weighted by Gasteiger charge is -2.19. The standard InChI is InChI=1S/C29H26ClNO4/c1-3-34-28(18-35-27-14-7-19(2)15-25(27)29(32)33)22-6-4-5-20(16-22)8-12-24-13-10-21-9-11-23(30)17-26(21)31-24/h4-17,28H,3,18H2,1-2H3,(H,32,33)/b12-8+. The van der Waals surface area contributed by atoms with E-state index in [9.17, 15) is 9.90 Å². The van der Waals surface area contributed by atoms with Gasteiger partial charge >= 0.3 is 5.97 Å². The summed E-state index contributed by atoms with van der Waals surface area (Å²) in [5, 5.41) is 11.2. The number of fused-ring (bicyclic) bond motifs is 1. The summed E-state index contributed by atoms with van der Waals surface area (Å²) in [6, 6.07) is 22.7. The molecular formula is C29H26ClNO4. The fraction of sp³-hybridized carbons (Fsp3) is 0.172. The Hall–Kier alpha value is -3.67. The maximum atomic E-state index is 11.6. The van der Waals surface area contributed by atoms with Crippen molar-refractivity contribution in [3.8, 4) is 5.75 Å². The number of ether oxygens (including phenoxy) is 2. The van der Waals surface area contributed by atoms with E-state index in [4.69, 9.17) is 21.1 Å². The lowest BCUT2D eigenvalue weighted by molar-refractivity contribution is 0.0260. The van der Waals surface area contributed by atoms with Gasteiger partial charge in [-0.1, -0.05) is 59.6 Å². The van der Waals surface area contributed by atoms with Crippen LogP contribution in [0.4, 0.5) is 0 Å². The molecule has 35 heavy (non-hydrogen) atoms. The molecule has 0 saturated carbocycles. The van der Waals surface area contributed by atoms with Crippen LogP contribution in [0.25, 0.3) is 23.1 Å². The van der Waals surface area contributed by atoms with Gasteiger partial charge < -0.3 is 14.6 Å². The SMILES string of the molecule is CCOC(COc1ccc(C)cc1C(=O)O)c1cccc(/C=C/c2ccc3ccc(Cl)cc3n2)c1. The zero-order valence-corrected chi connectivity index (χ0v) is 20.3. The van der Waals surface area contributed by atoms with E-state index in [1.54, 1.807) is 12.1 Å². The molecule has 0 fully saturated rings. The van der Waals surface area contributed by atoms with E-state index < -0.39 is 5.97 Å². The number of aromatic carboxylic acids is 1. The van der Waals surface area contributed by atoms with E-state index in [1.165, 1.54) is 0 Å². The van der Waals surface area contributed by atoms with Crippen molar-refractivity contribution in [1.82, 2.24) is 4.98 Å². The molecular weight excluding hydrogens is 462 g/mol. The molecule has 6 heteroatoms. The van der Waals surface area contributed by atoms with E-state index >= 15 is 0 Å². The molecule has 1 unspecified atom stereocenters. The van der Waals surface area contributed by atoms with Gasteiger partial charge in [-0.05, 0) is 67.4 Å². The van der Waals surface area contributed by atoms with Crippen molar-refractivity contribution < 1.29 is 19.4 Å². The van der Waals surface area contributed by atoms with Gasteiger partial charge in [-0.3, -0.25) is 0 Å². The fourth-order valence-electron chi connectivity index (χ4n) is 3.79. The van der Waals surface area contributed by atoms with Crippen molar-refractivity contribution in [2.24, 2.45) is 0 Å². The number of carboxylic acids is 1. The molecule has 0 aliphatic heterocycles. The number of aromatic nitrogens is 1. The Labute approximate surface area is 209 Å². The third-order valence-electron chi connectivity index (χ3n) is 5.53. The molecule has 0 aliphatic rings. The van der Waals surface area contributed by atoms with Crippen molar-refractivity contribution in [3.05, 3.63) is 106 Å². The summed E-state index contributed by atoms with van der Waals surface area (Å²) in [7, 11) is 0. The molecule has 5 nitrogen and oxygen atoms in total. The van der Waals surface area contributed by atoms with Crippen LogP contribution < -0.4 is 4.74 Å². The molecule has 0 saturated heterocycles. The van der Waals surface area contributed by atoms with Gasteiger partial charge in [0.05, 0.1) is 11.2 Å². The second-order valence-corrected chi connectivity index (χ2v) is 8.57. The van der Waals surface area contributed by atoms with Gasteiger partial charge in [-0.2, -0.15) is 0 Å².